The number of hydrogen-bond acceptors (Lipinski definition) is 1. The highest BCUT2D eigenvalue weighted by Gasteiger charge is 2.30. The minimum absolute atomic E-state index is 0.133. The molecule has 2 atom stereocenters. The molecule has 2 unspecified atom stereocenters. The molecule has 188 valence electrons. The average molecular weight is 507 g/mol. The van der Waals surface area contributed by atoms with Crippen molar-refractivity contribution in [2.24, 2.45) is 0 Å². The van der Waals surface area contributed by atoms with Crippen LogP contribution in [0.4, 0.5) is 8.78 Å². The van der Waals surface area contributed by atoms with Gasteiger partial charge in [-0.1, -0.05) is 84.9 Å². The van der Waals surface area contributed by atoms with Crippen molar-refractivity contribution in [3.8, 4) is 22.3 Å². The van der Waals surface area contributed by atoms with Crippen LogP contribution in [0.2, 0.25) is 0 Å². The quantitative estimate of drug-likeness (QED) is 0.128. The SMILES string of the molecule is [N-]=[N+]=CCC(C(=O)C(CC=[N+]=[N-])c1ccc(-c2ccccc2F)cc1)c1ccc(-c2ccccc2F)cc1. The zero-order valence-corrected chi connectivity index (χ0v) is 20.4. The molecule has 0 aromatic heterocycles. The molecule has 7 heteroatoms. The van der Waals surface area contributed by atoms with Crippen molar-refractivity contribution in [3.05, 3.63) is 131 Å². The van der Waals surface area contributed by atoms with Crippen LogP contribution in [0, 0.1) is 11.6 Å². The Morgan fingerprint density at radius 3 is 1.34 bits per heavy atom. The van der Waals surface area contributed by atoms with Gasteiger partial charge in [-0.2, -0.15) is 9.58 Å². The molecular weight excluding hydrogens is 482 g/mol. The molecule has 0 N–H and O–H groups in total. The van der Waals surface area contributed by atoms with E-state index in [1.807, 2.05) is 0 Å². The van der Waals surface area contributed by atoms with Gasteiger partial charge in [-0.15, -0.1) is 0 Å². The molecule has 0 saturated carbocycles. The molecule has 4 aromatic rings. The predicted molar refractivity (Wildman–Crippen MR) is 143 cm³/mol. The van der Waals surface area contributed by atoms with Crippen molar-refractivity contribution in [1.29, 1.82) is 0 Å². The number of carbonyl (C=O) groups excluding carboxylic acids is 1. The minimum Gasteiger partial charge on any atom is -0.362 e. The fourth-order valence-electron chi connectivity index (χ4n) is 4.56. The van der Waals surface area contributed by atoms with Crippen LogP contribution in [0.5, 0.6) is 0 Å². The van der Waals surface area contributed by atoms with Crippen LogP contribution >= 0.6 is 0 Å². The van der Waals surface area contributed by atoms with Crippen molar-refractivity contribution in [2.75, 3.05) is 0 Å². The number of halogens is 2. The molecule has 0 heterocycles. The fourth-order valence-corrected chi connectivity index (χ4v) is 4.56. The number of ketones is 1. The number of Topliss-reactive ketones (excluding diaryl/α,β-unsaturated/α-hetero) is 1. The van der Waals surface area contributed by atoms with Gasteiger partial charge in [0.2, 0.25) is 0 Å². The molecule has 0 aliphatic heterocycles. The van der Waals surface area contributed by atoms with E-state index in [0.29, 0.717) is 33.4 Å². The van der Waals surface area contributed by atoms with Crippen molar-refractivity contribution >= 4 is 18.2 Å². The Morgan fingerprint density at radius 1 is 0.632 bits per heavy atom. The van der Waals surface area contributed by atoms with Gasteiger partial charge in [0, 0.05) is 11.1 Å². The van der Waals surface area contributed by atoms with E-state index >= 15 is 0 Å². The minimum atomic E-state index is -0.677. The zero-order valence-electron chi connectivity index (χ0n) is 20.4. The van der Waals surface area contributed by atoms with E-state index in [2.05, 4.69) is 9.58 Å². The first kappa shape index (κ1) is 26.2. The van der Waals surface area contributed by atoms with E-state index in [1.165, 1.54) is 24.6 Å². The molecule has 38 heavy (non-hydrogen) atoms. The topological polar surface area (TPSA) is 89.9 Å². The average Bonchev–Trinajstić information content (AvgIpc) is 2.95. The Hall–Kier alpha value is -4.83. The number of benzene rings is 4. The maximum absolute atomic E-state index is 14.2. The molecule has 0 spiro atoms. The normalized spacial score (nSPS) is 12.1. The zero-order chi connectivity index (χ0) is 26.9. The van der Waals surface area contributed by atoms with Gasteiger partial charge in [0.25, 0.3) is 12.4 Å². The highest BCUT2D eigenvalue weighted by atomic mass is 19.1. The Kier molecular flexibility index (Phi) is 8.57. The van der Waals surface area contributed by atoms with Gasteiger partial charge in [-0.3, -0.25) is 4.79 Å². The largest absolute Gasteiger partial charge is 0.362 e. The lowest BCUT2D eigenvalue weighted by Gasteiger charge is -2.20. The van der Waals surface area contributed by atoms with Crippen LogP contribution in [-0.2, 0) is 4.79 Å². The van der Waals surface area contributed by atoms with Gasteiger partial charge in [0.1, 0.15) is 17.4 Å². The molecule has 0 aliphatic carbocycles. The van der Waals surface area contributed by atoms with E-state index in [-0.39, 0.29) is 30.3 Å². The third kappa shape index (κ3) is 5.93. The summed E-state index contributed by atoms with van der Waals surface area (Å²) >= 11 is 0. The van der Waals surface area contributed by atoms with E-state index in [1.54, 1.807) is 84.9 Å². The Morgan fingerprint density at radius 2 is 1.00 bits per heavy atom. The first-order valence-electron chi connectivity index (χ1n) is 12.1. The lowest BCUT2D eigenvalue weighted by molar-refractivity contribution is -0.122. The van der Waals surface area contributed by atoms with E-state index in [4.69, 9.17) is 11.1 Å². The summed E-state index contributed by atoms with van der Waals surface area (Å²) < 4.78 is 28.5. The maximum Gasteiger partial charge on any atom is 0.258 e. The van der Waals surface area contributed by atoms with Crippen LogP contribution in [-0.4, -0.2) is 27.8 Å². The lowest BCUT2D eigenvalue weighted by atomic mass is 9.80. The summed E-state index contributed by atoms with van der Waals surface area (Å²) in [5.41, 5.74) is 21.7. The van der Waals surface area contributed by atoms with Gasteiger partial charge in [0.05, 0.1) is 24.7 Å². The van der Waals surface area contributed by atoms with Crippen LogP contribution in [0.15, 0.2) is 97.1 Å². The predicted octanol–water partition coefficient (Wildman–Crippen LogP) is 7.12. The molecule has 4 aromatic carbocycles. The smallest absolute Gasteiger partial charge is 0.258 e. The van der Waals surface area contributed by atoms with Crippen molar-refractivity contribution < 1.29 is 23.2 Å². The van der Waals surface area contributed by atoms with E-state index in [0.717, 1.165) is 0 Å². The Balaban J connectivity index is 1.67. The van der Waals surface area contributed by atoms with Crippen LogP contribution in [0.1, 0.15) is 35.8 Å². The molecule has 0 bridgehead atoms. The fraction of sp³-hybridized carbons (Fsp3) is 0.129. The van der Waals surface area contributed by atoms with Crippen LogP contribution in [0.25, 0.3) is 33.3 Å². The number of rotatable bonds is 10. The second-order valence-electron chi connectivity index (χ2n) is 8.78. The van der Waals surface area contributed by atoms with Crippen LogP contribution < -0.4 is 0 Å². The summed E-state index contributed by atoms with van der Waals surface area (Å²) in [5, 5.41) is 0. The third-order valence-electron chi connectivity index (χ3n) is 6.53. The van der Waals surface area contributed by atoms with Gasteiger partial charge < -0.3 is 11.1 Å². The maximum atomic E-state index is 14.2. The monoisotopic (exact) mass is 506 g/mol. The molecule has 0 saturated heterocycles. The standard InChI is InChI=1S/C31H24F2N4O/c32-29-7-3-1-5-25(29)21-9-13-23(14-10-21)27(17-19-36-34)31(38)28(18-20-37-35)24-15-11-22(12-16-24)26-6-2-4-8-30(26)33/h1-16,19-20,27-28H,17-18H2. The molecule has 0 radical (unpaired) electrons. The number of nitrogens with zero attached hydrogens (tertiary/aromatic N) is 4. The molecule has 0 amide bonds. The molecule has 5 nitrogen and oxygen atoms in total. The highest BCUT2D eigenvalue weighted by molar-refractivity contribution is 5.95. The third-order valence-corrected chi connectivity index (χ3v) is 6.53. The first-order valence-corrected chi connectivity index (χ1v) is 12.1. The molecule has 0 aliphatic rings. The summed E-state index contributed by atoms with van der Waals surface area (Å²) in [6.45, 7) is 0. The molecular formula is C31H24F2N4O. The van der Waals surface area contributed by atoms with Crippen molar-refractivity contribution in [2.45, 2.75) is 24.7 Å². The second-order valence-corrected chi connectivity index (χ2v) is 8.78. The summed E-state index contributed by atoms with van der Waals surface area (Å²) in [5.74, 6) is -2.22. The summed E-state index contributed by atoms with van der Waals surface area (Å²) in [7, 11) is 0. The molecule has 4 rings (SSSR count). The lowest BCUT2D eigenvalue weighted by Crippen LogP contribution is -2.22. The van der Waals surface area contributed by atoms with Gasteiger partial charge in [0.15, 0.2) is 0 Å². The van der Waals surface area contributed by atoms with Gasteiger partial charge in [-0.25, -0.2) is 8.78 Å². The first-order chi connectivity index (χ1) is 18.5. The summed E-state index contributed by atoms with van der Waals surface area (Å²) in [6.07, 6.45) is 2.78. The van der Waals surface area contributed by atoms with Gasteiger partial charge >= 0.3 is 0 Å². The Bertz CT molecular complexity index is 1410. The summed E-state index contributed by atoms with van der Waals surface area (Å²) in [4.78, 5) is 20.0. The number of hydrogen-bond donors (Lipinski definition) is 0. The summed E-state index contributed by atoms with van der Waals surface area (Å²) in [6, 6.07) is 26.9. The van der Waals surface area contributed by atoms with E-state index in [9.17, 15) is 13.6 Å². The second kappa shape index (κ2) is 12.4. The Labute approximate surface area is 219 Å². The molecule has 0 fully saturated rings. The van der Waals surface area contributed by atoms with Crippen LogP contribution in [0.3, 0.4) is 0 Å². The highest BCUT2D eigenvalue weighted by Crippen LogP contribution is 2.33. The van der Waals surface area contributed by atoms with Gasteiger partial charge in [-0.05, 0) is 34.4 Å². The number of carbonyl (C=O) groups is 1. The van der Waals surface area contributed by atoms with E-state index < -0.39 is 11.8 Å². The van der Waals surface area contributed by atoms with Crippen molar-refractivity contribution in [3.63, 3.8) is 0 Å². The van der Waals surface area contributed by atoms with Crippen molar-refractivity contribution in [1.82, 2.24) is 0 Å².